The third-order valence-electron chi connectivity index (χ3n) is 1.81. The number of methoxy groups -OCH3 is 2. The van der Waals surface area contributed by atoms with Crippen molar-refractivity contribution in [3.05, 3.63) is 23.8 Å². The van der Waals surface area contributed by atoms with Gasteiger partial charge in [0.25, 0.3) is 0 Å². The number of amides is 2. The predicted octanol–water partition coefficient (Wildman–Crippen LogP) is 0.706. The third-order valence-corrected chi connectivity index (χ3v) is 1.81. The van der Waals surface area contributed by atoms with Crippen LogP contribution in [0.5, 0.6) is 11.5 Å². The molecule has 0 radical (unpaired) electrons. The predicted molar refractivity (Wildman–Crippen MR) is 59.9 cm³/mol. The second kappa shape index (κ2) is 5.59. The highest BCUT2D eigenvalue weighted by Crippen LogP contribution is 2.29. The number of para-hydroxylation sites is 1. The summed E-state index contributed by atoms with van der Waals surface area (Å²) in [7, 11) is 3.07. The van der Waals surface area contributed by atoms with Crippen LogP contribution in [0.25, 0.3) is 0 Å². The van der Waals surface area contributed by atoms with Gasteiger partial charge in [0.15, 0.2) is 11.5 Å². The molecule has 0 aliphatic heterocycles. The highest BCUT2D eigenvalue weighted by Gasteiger charge is 2.06. The van der Waals surface area contributed by atoms with Gasteiger partial charge >= 0.3 is 6.03 Å². The Hall–Kier alpha value is -2.24. The standard InChI is InChI=1S/C10H13N3O3/c1-15-8-5-3-4-7(9(8)16-2)6-12-13-10(11)14/h3-6H,1-2H3,(H3,11,13,14). The molecule has 0 bridgehead atoms. The fraction of sp³-hybridized carbons (Fsp3) is 0.200. The number of primary amides is 1. The van der Waals surface area contributed by atoms with E-state index in [1.54, 1.807) is 25.3 Å². The smallest absolute Gasteiger partial charge is 0.332 e. The minimum absolute atomic E-state index is 0.542. The second-order valence-corrected chi connectivity index (χ2v) is 2.82. The summed E-state index contributed by atoms with van der Waals surface area (Å²) in [5.41, 5.74) is 7.63. The second-order valence-electron chi connectivity index (χ2n) is 2.82. The van der Waals surface area contributed by atoms with Gasteiger partial charge in [0.2, 0.25) is 0 Å². The van der Waals surface area contributed by atoms with Gasteiger partial charge in [0.05, 0.1) is 20.4 Å². The molecule has 86 valence electrons. The lowest BCUT2D eigenvalue weighted by Gasteiger charge is -2.09. The van der Waals surface area contributed by atoms with Gasteiger partial charge in [0.1, 0.15) is 0 Å². The molecule has 0 aliphatic rings. The molecule has 0 saturated heterocycles. The van der Waals surface area contributed by atoms with E-state index in [4.69, 9.17) is 15.2 Å². The number of nitrogens with zero attached hydrogens (tertiary/aromatic N) is 1. The van der Waals surface area contributed by atoms with Crippen LogP contribution in [0.4, 0.5) is 4.79 Å². The van der Waals surface area contributed by atoms with E-state index in [2.05, 4.69) is 10.5 Å². The summed E-state index contributed by atoms with van der Waals surface area (Å²) in [6.07, 6.45) is 1.42. The van der Waals surface area contributed by atoms with Crippen molar-refractivity contribution < 1.29 is 14.3 Å². The number of ether oxygens (including phenoxy) is 2. The number of urea groups is 1. The maximum atomic E-state index is 10.4. The molecule has 0 spiro atoms. The molecule has 6 heteroatoms. The number of hydrazone groups is 1. The summed E-state index contributed by atoms with van der Waals surface area (Å²) in [5.74, 6) is 1.13. The third kappa shape index (κ3) is 2.88. The number of benzene rings is 1. The van der Waals surface area contributed by atoms with Crippen LogP contribution in [0.3, 0.4) is 0 Å². The molecule has 1 aromatic carbocycles. The number of hydrogen-bond donors (Lipinski definition) is 2. The lowest BCUT2D eigenvalue weighted by molar-refractivity contribution is 0.249. The molecule has 0 atom stereocenters. The quantitative estimate of drug-likeness (QED) is 0.582. The van der Waals surface area contributed by atoms with Gasteiger partial charge in [-0.05, 0) is 12.1 Å². The normalized spacial score (nSPS) is 10.1. The van der Waals surface area contributed by atoms with Crippen LogP contribution in [0, 0.1) is 0 Å². The van der Waals surface area contributed by atoms with Crippen molar-refractivity contribution in [2.45, 2.75) is 0 Å². The van der Waals surface area contributed by atoms with Gasteiger partial charge in [0, 0.05) is 5.56 Å². The van der Waals surface area contributed by atoms with Crippen LogP contribution in [-0.2, 0) is 0 Å². The number of carbonyl (C=O) groups is 1. The molecule has 0 saturated carbocycles. The minimum atomic E-state index is -0.724. The number of carbonyl (C=O) groups excluding carboxylic acids is 1. The number of nitrogens with one attached hydrogen (secondary N) is 1. The molecule has 0 heterocycles. The zero-order chi connectivity index (χ0) is 12.0. The maximum absolute atomic E-state index is 10.4. The van der Waals surface area contributed by atoms with Crippen molar-refractivity contribution in [3.8, 4) is 11.5 Å². The molecular formula is C10H13N3O3. The van der Waals surface area contributed by atoms with Gasteiger partial charge in [-0.15, -0.1) is 0 Å². The summed E-state index contributed by atoms with van der Waals surface area (Å²) < 4.78 is 10.3. The van der Waals surface area contributed by atoms with Crippen LogP contribution in [-0.4, -0.2) is 26.5 Å². The van der Waals surface area contributed by atoms with E-state index in [-0.39, 0.29) is 0 Å². The van der Waals surface area contributed by atoms with Crippen molar-refractivity contribution >= 4 is 12.2 Å². The molecule has 2 amide bonds. The number of rotatable bonds is 4. The van der Waals surface area contributed by atoms with E-state index in [9.17, 15) is 4.79 Å². The molecule has 6 nitrogen and oxygen atoms in total. The zero-order valence-electron chi connectivity index (χ0n) is 9.06. The van der Waals surface area contributed by atoms with Crippen LogP contribution in [0.2, 0.25) is 0 Å². The lowest BCUT2D eigenvalue weighted by atomic mass is 10.2. The van der Waals surface area contributed by atoms with E-state index in [1.165, 1.54) is 13.3 Å². The molecule has 0 unspecified atom stereocenters. The van der Waals surface area contributed by atoms with E-state index in [1.807, 2.05) is 0 Å². The van der Waals surface area contributed by atoms with Crippen LogP contribution in [0.1, 0.15) is 5.56 Å². The lowest BCUT2D eigenvalue weighted by Crippen LogP contribution is -2.24. The van der Waals surface area contributed by atoms with E-state index in [0.717, 1.165) is 0 Å². The highest BCUT2D eigenvalue weighted by molar-refractivity contribution is 5.86. The van der Waals surface area contributed by atoms with Gasteiger partial charge in [-0.3, -0.25) is 0 Å². The summed E-state index contributed by atoms with van der Waals surface area (Å²) >= 11 is 0. The minimum Gasteiger partial charge on any atom is -0.493 e. The first-order chi connectivity index (χ1) is 7.69. The average molecular weight is 223 g/mol. The Morgan fingerprint density at radius 2 is 2.19 bits per heavy atom. The first-order valence-corrected chi connectivity index (χ1v) is 4.48. The summed E-state index contributed by atoms with van der Waals surface area (Å²) in [6.45, 7) is 0. The Morgan fingerprint density at radius 3 is 2.75 bits per heavy atom. The Bertz CT molecular complexity index is 404. The maximum Gasteiger partial charge on any atom is 0.332 e. The molecule has 1 rings (SSSR count). The van der Waals surface area contributed by atoms with Crippen molar-refractivity contribution in [1.82, 2.24) is 5.43 Å². The van der Waals surface area contributed by atoms with E-state index < -0.39 is 6.03 Å². The largest absolute Gasteiger partial charge is 0.493 e. The Morgan fingerprint density at radius 1 is 1.44 bits per heavy atom. The van der Waals surface area contributed by atoms with Crippen molar-refractivity contribution in [2.24, 2.45) is 10.8 Å². The van der Waals surface area contributed by atoms with E-state index >= 15 is 0 Å². The average Bonchev–Trinajstić information content (AvgIpc) is 2.28. The van der Waals surface area contributed by atoms with Crippen molar-refractivity contribution in [3.63, 3.8) is 0 Å². The van der Waals surface area contributed by atoms with Gasteiger partial charge in [-0.2, -0.15) is 5.10 Å². The fourth-order valence-corrected chi connectivity index (χ4v) is 1.18. The van der Waals surface area contributed by atoms with Crippen LogP contribution < -0.4 is 20.6 Å². The monoisotopic (exact) mass is 223 g/mol. The zero-order valence-corrected chi connectivity index (χ0v) is 9.06. The van der Waals surface area contributed by atoms with Crippen LogP contribution >= 0.6 is 0 Å². The summed E-state index contributed by atoms with van der Waals surface area (Å²) in [4.78, 5) is 10.4. The molecule has 0 fully saturated rings. The SMILES string of the molecule is COc1cccc(C=NNC(N)=O)c1OC. The molecule has 16 heavy (non-hydrogen) atoms. The van der Waals surface area contributed by atoms with E-state index in [0.29, 0.717) is 17.1 Å². The Labute approximate surface area is 93.0 Å². The topological polar surface area (TPSA) is 85.9 Å². The van der Waals surface area contributed by atoms with Gasteiger partial charge < -0.3 is 15.2 Å². The first kappa shape index (κ1) is 11.8. The molecule has 0 aliphatic carbocycles. The molecule has 1 aromatic rings. The van der Waals surface area contributed by atoms with Gasteiger partial charge in [-0.25, -0.2) is 10.2 Å². The first-order valence-electron chi connectivity index (χ1n) is 4.48. The number of hydrogen-bond acceptors (Lipinski definition) is 4. The number of nitrogens with two attached hydrogens (primary N) is 1. The highest BCUT2D eigenvalue weighted by atomic mass is 16.5. The fourth-order valence-electron chi connectivity index (χ4n) is 1.18. The van der Waals surface area contributed by atoms with Crippen LogP contribution in [0.15, 0.2) is 23.3 Å². The van der Waals surface area contributed by atoms with Gasteiger partial charge in [-0.1, -0.05) is 6.07 Å². The molecule has 3 N–H and O–H groups in total. The Balaban J connectivity index is 2.94. The Kier molecular flexibility index (Phi) is 4.14. The van der Waals surface area contributed by atoms with Crippen molar-refractivity contribution in [2.75, 3.05) is 14.2 Å². The molecule has 0 aromatic heterocycles. The van der Waals surface area contributed by atoms with Crippen molar-refractivity contribution in [1.29, 1.82) is 0 Å². The summed E-state index contributed by atoms with van der Waals surface area (Å²) in [6, 6.07) is 4.59. The summed E-state index contributed by atoms with van der Waals surface area (Å²) in [5, 5.41) is 3.64. The molecular weight excluding hydrogens is 210 g/mol.